The van der Waals surface area contributed by atoms with Crippen LogP contribution in [-0.2, 0) is 26.3 Å². The maximum absolute atomic E-state index is 13.9. The molecule has 2 aromatic rings. The van der Waals surface area contributed by atoms with E-state index < -0.39 is 23.7 Å². The summed E-state index contributed by atoms with van der Waals surface area (Å²) in [5.74, 6) is 0.661. The predicted octanol–water partition coefficient (Wildman–Crippen LogP) is 4.28. The number of alkyl halides is 3. The number of carbonyl (C=O) groups is 1. The van der Waals surface area contributed by atoms with Crippen LogP contribution in [0.4, 0.5) is 30.4 Å². The summed E-state index contributed by atoms with van der Waals surface area (Å²) in [6, 6.07) is 5.55. The van der Waals surface area contributed by atoms with Gasteiger partial charge < -0.3 is 19.3 Å². The molecule has 0 bridgehead atoms. The molecule has 3 aliphatic heterocycles. The maximum Gasteiger partial charge on any atom is 0.408 e. The monoisotopic (exact) mass is 544 g/mol. The first-order valence-electron chi connectivity index (χ1n) is 13.5. The molecule has 1 saturated carbocycles. The lowest BCUT2D eigenvalue weighted by Crippen LogP contribution is -2.45. The Hall–Kier alpha value is -3.41. The lowest BCUT2D eigenvalue weighted by atomic mass is 9.81. The molecule has 1 aliphatic carbocycles. The fraction of sp³-hybridized carbons (Fsp3) is 0.556. The highest BCUT2D eigenvalue weighted by Crippen LogP contribution is 2.52. The third-order valence-electron chi connectivity index (χ3n) is 8.33. The summed E-state index contributed by atoms with van der Waals surface area (Å²) in [6.45, 7) is 2.81. The van der Waals surface area contributed by atoms with Crippen molar-refractivity contribution in [3.05, 3.63) is 41.9 Å². The van der Waals surface area contributed by atoms with Gasteiger partial charge in [-0.2, -0.15) is 13.2 Å². The highest BCUT2D eigenvalue weighted by atomic mass is 19.4. The summed E-state index contributed by atoms with van der Waals surface area (Å²) in [5, 5.41) is 8.11. The van der Waals surface area contributed by atoms with Crippen molar-refractivity contribution in [2.45, 2.75) is 62.8 Å². The highest BCUT2D eigenvalue weighted by Gasteiger charge is 2.54. The van der Waals surface area contributed by atoms with E-state index in [2.05, 4.69) is 14.9 Å². The minimum atomic E-state index is -4.43. The van der Waals surface area contributed by atoms with Crippen molar-refractivity contribution in [1.82, 2.24) is 14.9 Å². The Morgan fingerprint density at radius 1 is 1.08 bits per heavy atom. The van der Waals surface area contributed by atoms with Crippen molar-refractivity contribution in [2.75, 3.05) is 42.6 Å². The summed E-state index contributed by atoms with van der Waals surface area (Å²) >= 11 is 0. The first-order valence-corrected chi connectivity index (χ1v) is 13.5. The minimum Gasteiger partial charge on any atom is -0.457 e. The molecule has 2 saturated heterocycles. The molecule has 208 valence electrons. The zero-order valence-corrected chi connectivity index (χ0v) is 21.5. The fourth-order valence-electron chi connectivity index (χ4n) is 6.31. The number of nitrogens with one attached hydrogen (secondary N) is 1. The summed E-state index contributed by atoms with van der Waals surface area (Å²) in [7, 11) is 0. The number of likely N-dealkylation sites (tertiary alicyclic amines) is 1. The summed E-state index contributed by atoms with van der Waals surface area (Å²) in [6.07, 6.45) is 0.829. The Bertz CT molecular complexity index is 1240. The van der Waals surface area contributed by atoms with Crippen LogP contribution in [0.15, 0.2) is 30.5 Å². The Morgan fingerprint density at radius 2 is 1.77 bits per heavy atom. The zero-order valence-electron chi connectivity index (χ0n) is 21.5. The van der Waals surface area contributed by atoms with E-state index in [9.17, 15) is 18.0 Å². The zero-order chi connectivity index (χ0) is 27.2. The standard InChI is InChI=1S/C27H31F3N6O3/c28-27(29,30)21-4-3-11-35(21)25(31)39-17-22-32-16-20-23(33-22)36(24(37)26(20)9-1-2-10-26)19-7-5-18(6-8-19)34-12-14-38-15-13-34/h5-8,16,21,31H,1-4,9-15,17H2/t21-/m1/s1. The summed E-state index contributed by atoms with van der Waals surface area (Å²) < 4.78 is 50.9. The molecule has 9 nitrogen and oxygen atoms in total. The van der Waals surface area contributed by atoms with Crippen LogP contribution >= 0.6 is 0 Å². The Morgan fingerprint density at radius 3 is 2.46 bits per heavy atom. The fourth-order valence-corrected chi connectivity index (χ4v) is 6.31. The van der Waals surface area contributed by atoms with Crippen molar-refractivity contribution in [3.63, 3.8) is 0 Å². The van der Waals surface area contributed by atoms with Crippen molar-refractivity contribution >= 4 is 29.1 Å². The second-order valence-corrected chi connectivity index (χ2v) is 10.6. The number of aromatic nitrogens is 2. The number of hydrogen-bond acceptors (Lipinski definition) is 7. The van der Waals surface area contributed by atoms with E-state index in [4.69, 9.17) is 14.9 Å². The van der Waals surface area contributed by atoms with Gasteiger partial charge in [0.2, 0.25) is 5.91 Å². The molecule has 1 aromatic carbocycles. The van der Waals surface area contributed by atoms with E-state index >= 15 is 0 Å². The number of anilines is 3. The molecule has 1 atom stereocenters. The van der Waals surface area contributed by atoms with Gasteiger partial charge in [-0.25, -0.2) is 9.97 Å². The van der Waals surface area contributed by atoms with Crippen LogP contribution in [0.25, 0.3) is 0 Å². The van der Waals surface area contributed by atoms with Crippen LogP contribution in [0.5, 0.6) is 0 Å². The molecule has 1 spiro atoms. The predicted molar refractivity (Wildman–Crippen MR) is 137 cm³/mol. The van der Waals surface area contributed by atoms with E-state index in [1.807, 2.05) is 24.3 Å². The molecule has 1 aromatic heterocycles. The molecule has 39 heavy (non-hydrogen) atoms. The van der Waals surface area contributed by atoms with Crippen molar-refractivity contribution < 1.29 is 27.4 Å². The normalized spacial score (nSPS) is 22.6. The maximum atomic E-state index is 13.9. The van der Waals surface area contributed by atoms with Gasteiger partial charge >= 0.3 is 6.18 Å². The average Bonchev–Trinajstić information content (AvgIpc) is 3.68. The van der Waals surface area contributed by atoms with Crippen LogP contribution in [0.3, 0.4) is 0 Å². The average molecular weight is 545 g/mol. The van der Waals surface area contributed by atoms with Gasteiger partial charge in [0.15, 0.2) is 12.4 Å². The number of amidine groups is 1. The highest BCUT2D eigenvalue weighted by molar-refractivity contribution is 6.12. The molecule has 1 amide bonds. The summed E-state index contributed by atoms with van der Waals surface area (Å²) in [4.78, 5) is 27.8. The molecule has 3 fully saturated rings. The third kappa shape index (κ3) is 4.58. The van der Waals surface area contributed by atoms with Crippen LogP contribution in [0.1, 0.15) is 49.9 Å². The Kier molecular flexibility index (Phi) is 6.60. The van der Waals surface area contributed by atoms with Gasteiger partial charge in [0, 0.05) is 37.1 Å². The second-order valence-electron chi connectivity index (χ2n) is 10.6. The molecule has 4 aliphatic rings. The van der Waals surface area contributed by atoms with Crippen molar-refractivity contribution in [1.29, 1.82) is 5.41 Å². The number of rotatable bonds is 4. The number of hydrogen-bond donors (Lipinski definition) is 1. The number of amides is 1. The summed E-state index contributed by atoms with van der Waals surface area (Å²) in [5.41, 5.74) is 1.86. The number of halogens is 3. The lowest BCUT2D eigenvalue weighted by molar-refractivity contribution is -0.169. The topological polar surface area (TPSA) is 94.9 Å². The quantitative estimate of drug-likeness (QED) is 0.454. The molecule has 6 rings (SSSR count). The van der Waals surface area contributed by atoms with Gasteiger partial charge in [0.1, 0.15) is 11.9 Å². The lowest BCUT2D eigenvalue weighted by Gasteiger charge is -2.29. The van der Waals surface area contributed by atoms with E-state index in [0.29, 0.717) is 31.1 Å². The van der Waals surface area contributed by atoms with E-state index in [1.54, 1.807) is 11.1 Å². The van der Waals surface area contributed by atoms with Gasteiger partial charge in [-0.05, 0) is 49.9 Å². The molecule has 0 unspecified atom stereocenters. The number of carbonyl (C=O) groups excluding carboxylic acids is 1. The SMILES string of the molecule is N=C(OCc1ncc2c(n1)N(c1ccc(N3CCOCC3)cc1)C(=O)C21CCCC1)N1CCC[C@@H]1C(F)(F)F. The van der Waals surface area contributed by atoms with Gasteiger partial charge in [-0.3, -0.25) is 15.1 Å². The van der Waals surface area contributed by atoms with Crippen LogP contribution in [0.2, 0.25) is 0 Å². The number of benzene rings is 1. The van der Waals surface area contributed by atoms with Gasteiger partial charge in [-0.1, -0.05) is 12.8 Å². The first kappa shape index (κ1) is 25.8. The van der Waals surface area contributed by atoms with Crippen molar-refractivity contribution in [3.8, 4) is 0 Å². The third-order valence-corrected chi connectivity index (χ3v) is 8.33. The van der Waals surface area contributed by atoms with E-state index in [0.717, 1.165) is 54.9 Å². The number of ether oxygens (including phenoxy) is 2. The van der Waals surface area contributed by atoms with E-state index in [1.165, 1.54) is 0 Å². The van der Waals surface area contributed by atoms with Gasteiger partial charge in [0.05, 0.1) is 24.3 Å². The molecule has 4 heterocycles. The van der Waals surface area contributed by atoms with Crippen molar-refractivity contribution in [2.24, 2.45) is 0 Å². The molecular formula is C27H31F3N6O3. The van der Waals surface area contributed by atoms with Crippen LogP contribution in [0, 0.1) is 5.41 Å². The smallest absolute Gasteiger partial charge is 0.408 e. The van der Waals surface area contributed by atoms with Gasteiger partial charge in [-0.15, -0.1) is 0 Å². The van der Waals surface area contributed by atoms with Gasteiger partial charge in [0.25, 0.3) is 6.02 Å². The first-order chi connectivity index (χ1) is 18.8. The van der Waals surface area contributed by atoms with Crippen LogP contribution < -0.4 is 9.80 Å². The van der Waals surface area contributed by atoms with Crippen LogP contribution in [-0.4, -0.2) is 71.9 Å². The minimum absolute atomic E-state index is 0.0284. The second kappa shape index (κ2) is 9.96. The largest absolute Gasteiger partial charge is 0.457 e. The molecule has 12 heteroatoms. The number of morpholine rings is 1. The molecule has 1 N–H and O–H groups in total. The Labute approximate surface area is 224 Å². The molecular weight excluding hydrogens is 513 g/mol. The Balaban J connectivity index is 1.25. The number of fused-ring (bicyclic) bond motifs is 2. The number of nitrogens with zero attached hydrogens (tertiary/aromatic N) is 5. The van der Waals surface area contributed by atoms with E-state index in [-0.39, 0.29) is 31.3 Å². The molecule has 0 radical (unpaired) electrons.